The molecule has 0 fully saturated rings. The van der Waals surface area contributed by atoms with Crippen LogP contribution in [0, 0.1) is 0 Å². The molecule has 0 unspecified atom stereocenters. The number of hydrogen-bond acceptors (Lipinski definition) is 5. The maximum atomic E-state index is 11.8. The van der Waals surface area contributed by atoms with Crippen molar-refractivity contribution in [1.82, 2.24) is 9.55 Å². The Bertz CT molecular complexity index is 733. The quantitative estimate of drug-likeness (QED) is 0.685. The average Bonchev–Trinajstić information content (AvgIpc) is 2.30. The highest BCUT2D eigenvalue weighted by atomic mass is 16.4. The summed E-state index contributed by atoms with van der Waals surface area (Å²) in [7, 11) is 0. The van der Waals surface area contributed by atoms with Gasteiger partial charge in [0, 0.05) is 17.6 Å². The first-order chi connectivity index (χ1) is 8.75. The Morgan fingerprint density at radius 1 is 1.26 bits per heavy atom. The zero-order chi connectivity index (χ0) is 14.4. The van der Waals surface area contributed by atoms with Crippen LogP contribution in [0.25, 0.3) is 10.9 Å². The molecular weight excluding hydrogens is 252 g/mol. The lowest BCUT2D eigenvalue weighted by Crippen LogP contribution is -2.43. The standard InChI is InChI=1S/C12H12N2O5/c1-12(2,10(17)18)14-7-4-9(16)8(15)3-6(7)5-13-11(14)19/h3-5,15-16H,1-2H3,(H,17,18). The molecule has 100 valence electrons. The fourth-order valence-corrected chi connectivity index (χ4v) is 1.80. The summed E-state index contributed by atoms with van der Waals surface area (Å²) >= 11 is 0. The third-order valence-corrected chi connectivity index (χ3v) is 2.95. The first-order valence-electron chi connectivity index (χ1n) is 5.43. The summed E-state index contributed by atoms with van der Waals surface area (Å²) in [5, 5.41) is 28.5. The largest absolute Gasteiger partial charge is 0.504 e. The number of rotatable bonds is 2. The lowest BCUT2D eigenvalue weighted by atomic mass is 10.0. The first kappa shape index (κ1) is 12.9. The molecule has 0 amide bonds. The number of carboxylic acid groups (broad SMARTS) is 1. The number of phenols is 2. The molecule has 0 aliphatic heterocycles. The van der Waals surface area contributed by atoms with E-state index in [-0.39, 0.29) is 11.3 Å². The molecule has 2 rings (SSSR count). The van der Waals surface area contributed by atoms with Gasteiger partial charge in [-0.1, -0.05) is 0 Å². The molecule has 2 aromatic rings. The van der Waals surface area contributed by atoms with Gasteiger partial charge in [0.15, 0.2) is 11.5 Å². The van der Waals surface area contributed by atoms with Gasteiger partial charge in [-0.2, -0.15) is 0 Å². The van der Waals surface area contributed by atoms with E-state index in [1.54, 1.807) is 0 Å². The van der Waals surface area contributed by atoms with Crippen LogP contribution in [-0.2, 0) is 10.3 Å². The number of aromatic hydroxyl groups is 2. The maximum absolute atomic E-state index is 11.8. The molecule has 7 nitrogen and oxygen atoms in total. The SMILES string of the molecule is CC(C)(C(=O)O)n1c(=O)ncc2cc(O)c(O)cc21. The lowest BCUT2D eigenvalue weighted by molar-refractivity contribution is -0.145. The molecule has 19 heavy (non-hydrogen) atoms. The van der Waals surface area contributed by atoms with Crippen molar-refractivity contribution >= 4 is 16.9 Å². The van der Waals surface area contributed by atoms with Crippen LogP contribution in [0.4, 0.5) is 0 Å². The van der Waals surface area contributed by atoms with Crippen LogP contribution in [0.5, 0.6) is 11.5 Å². The van der Waals surface area contributed by atoms with E-state index in [1.807, 2.05) is 0 Å². The van der Waals surface area contributed by atoms with E-state index in [4.69, 9.17) is 0 Å². The number of nitrogens with zero attached hydrogens (tertiary/aromatic N) is 2. The Balaban J connectivity index is 2.94. The van der Waals surface area contributed by atoms with Gasteiger partial charge in [-0.05, 0) is 19.9 Å². The Kier molecular flexibility index (Phi) is 2.69. The van der Waals surface area contributed by atoms with Crippen LogP contribution in [-0.4, -0.2) is 30.8 Å². The summed E-state index contributed by atoms with van der Waals surface area (Å²) in [6.45, 7) is 2.70. The van der Waals surface area contributed by atoms with E-state index in [1.165, 1.54) is 26.1 Å². The van der Waals surface area contributed by atoms with Crippen molar-refractivity contribution in [1.29, 1.82) is 0 Å². The number of aromatic nitrogens is 2. The van der Waals surface area contributed by atoms with E-state index < -0.39 is 22.9 Å². The van der Waals surface area contributed by atoms with Gasteiger partial charge >= 0.3 is 11.7 Å². The minimum absolute atomic E-state index is 0.183. The maximum Gasteiger partial charge on any atom is 0.349 e. The van der Waals surface area contributed by atoms with Crippen LogP contribution in [0.15, 0.2) is 23.1 Å². The van der Waals surface area contributed by atoms with Crippen LogP contribution in [0.3, 0.4) is 0 Å². The predicted octanol–water partition coefficient (Wildman–Crippen LogP) is 0.627. The molecule has 0 saturated carbocycles. The highest BCUT2D eigenvalue weighted by molar-refractivity contribution is 5.85. The van der Waals surface area contributed by atoms with Gasteiger partial charge in [-0.25, -0.2) is 14.6 Å². The van der Waals surface area contributed by atoms with E-state index in [0.29, 0.717) is 5.39 Å². The molecule has 3 N–H and O–H groups in total. The van der Waals surface area contributed by atoms with Crippen LogP contribution < -0.4 is 5.69 Å². The zero-order valence-electron chi connectivity index (χ0n) is 10.3. The highest BCUT2D eigenvalue weighted by Crippen LogP contribution is 2.30. The van der Waals surface area contributed by atoms with Gasteiger partial charge < -0.3 is 15.3 Å². The van der Waals surface area contributed by atoms with Gasteiger partial charge in [0.05, 0.1) is 5.52 Å². The summed E-state index contributed by atoms with van der Waals surface area (Å²) in [5.74, 6) is -2.02. The number of benzene rings is 1. The summed E-state index contributed by atoms with van der Waals surface area (Å²) in [6, 6.07) is 2.35. The van der Waals surface area contributed by atoms with Crippen LogP contribution in [0.1, 0.15) is 13.8 Å². The van der Waals surface area contributed by atoms with Crippen molar-refractivity contribution in [3.8, 4) is 11.5 Å². The summed E-state index contributed by atoms with van der Waals surface area (Å²) in [4.78, 5) is 26.7. The lowest BCUT2D eigenvalue weighted by Gasteiger charge is -2.23. The topological polar surface area (TPSA) is 113 Å². The molecule has 0 aliphatic carbocycles. The number of fused-ring (bicyclic) bond motifs is 1. The van der Waals surface area contributed by atoms with Crippen molar-refractivity contribution in [3.63, 3.8) is 0 Å². The molecule has 1 aromatic heterocycles. The van der Waals surface area contributed by atoms with E-state index in [2.05, 4.69) is 4.98 Å². The third kappa shape index (κ3) is 1.88. The second kappa shape index (κ2) is 3.98. The molecule has 0 atom stereocenters. The molecule has 7 heteroatoms. The van der Waals surface area contributed by atoms with Gasteiger partial charge in [0.1, 0.15) is 5.54 Å². The van der Waals surface area contributed by atoms with Crippen molar-refractivity contribution in [2.75, 3.05) is 0 Å². The smallest absolute Gasteiger partial charge is 0.349 e. The molecule has 1 heterocycles. The van der Waals surface area contributed by atoms with Crippen molar-refractivity contribution in [2.24, 2.45) is 0 Å². The first-order valence-corrected chi connectivity index (χ1v) is 5.43. The van der Waals surface area contributed by atoms with Gasteiger partial charge in [-0.3, -0.25) is 4.57 Å². The predicted molar refractivity (Wildman–Crippen MR) is 66.3 cm³/mol. The number of aliphatic carboxylic acids is 1. The van der Waals surface area contributed by atoms with E-state index >= 15 is 0 Å². The minimum Gasteiger partial charge on any atom is -0.504 e. The number of hydrogen-bond donors (Lipinski definition) is 3. The summed E-state index contributed by atoms with van der Waals surface area (Å²) in [6.07, 6.45) is 1.21. The second-order valence-corrected chi connectivity index (χ2v) is 4.64. The molecule has 0 radical (unpaired) electrons. The Morgan fingerprint density at radius 2 is 1.84 bits per heavy atom. The van der Waals surface area contributed by atoms with E-state index in [9.17, 15) is 24.9 Å². The second-order valence-electron chi connectivity index (χ2n) is 4.64. The average molecular weight is 264 g/mol. The molecule has 0 bridgehead atoms. The zero-order valence-corrected chi connectivity index (χ0v) is 10.3. The minimum atomic E-state index is -1.53. The van der Waals surface area contributed by atoms with E-state index in [0.717, 1.165) is 10.6 Å². The molecule has 0 spiro atoms. The Hall–Kier alpha value is -2.57. The van der Waals surface area contributed by atoms with Crippen molar-refractivity contribution < 1.29 is 20.1 Å². The van der Waals surface area contributed by atoms with Gasteiger partial charge in [0.25, 0.3) is 0 Å². The fraction of sp³-hybridized carbons (Fsp3) is 0.250. The highest BCUT2D eigenvalue weighted by Gasteiger charge is 2.32. The molecule has 0 saturated heterocycles. The summed E-state index contributed by atoms with van der Waals surface area (Å²) < 4.78 is 0.962. The van der Waals surface area contributed by atoms with Crippen LogP contribution in [0.2, 0.25) is 0 Å². The van der Waals surface area contributed by atoms with Gasteiger partial charge in [-0.15, -0.1) is 0 Å². The summed E-state index contributed by atoms with van der Waals surface area (Å²) in [5.41, 5.74) is -2.10. The van der Waals surface area contributed by atoms with Crippen molar-refractivity contribution in [3.05, 3.63) is 28.8 Å². The number of phenolic OH excluding ortho intramolecular Hbond substituents is 2. The van der Waals surface area contributed by atoms with Crippen LogP contribution >= 0.6 is 0 Å². The third-order valence-electron chi connectivity index (χ3n) is 2.95. The molecule has 1 aromatic carbocycles. The van der Waals surface area contributed by atoms with Gasteiger partial charge in [0.2, 0.25) is 0 Å². The fourth-order valence-electron chi connectivity index (χ4n) is 1.80. The monoisotopic (exact) mass is 264 g/mol. The Labute approximate surface area is 107 Å². The number of carboxylic acids is 1. The molecular formula is C12H12N2O5. The molecule has 0 aliphatic rings. The normalized spacial score (nSPS) is 11.7. The van der Waals surface area contributed by atoms with Crippen molar-refractivity contribution in [2.45, 2.75) is 19.4 Å². The number of carbonyl (C=O) groups is 1. The Morgan fingerprint density at radius 3 is 2.42 bits per heavy atom.